The van der Waals surface area contributed by atoms with Gasteiger partial charge in [0.25, 0.3) is 0 Å². The van der Waals surface area contributed by atoms with E-state index in [4.69, 9.17) is 4.74 Å². The first-order valence-electron chi connectivity index (χ1n) is 12.2. The van der Waals surface area contributed by atoms with Crippen LogP contribution >= 0.6 is 0 Å². The average Bonchev–Trinajstić information content (AvgIpc) is 2.71. The van der Waals surface area contributed by atoms with Crippen LogP contribution in [-0.2, 0) is 9.53 Å². The lowest BCUT2D eigenvalue weighted by Gasteiger charge is -2.20. The van der Waals surface area contributed by atoms with Crippen molar-refractivity contribution in [2.75, 3.05) is 19.6 Å². The molecule has 0 rings (SSSR count). The van der Waals surface area contributed by atoms with E-state index in [2.05, 4.69) is 56.9 Å². The minimum Gasteiger partial charge on any atom is -0.462 e. The smallest absolute Gasteiger partial charge is 0.306 e. The Hall–Kier alpha value is -1.09. The lowest BCUT2D eigenvalue weighted by atomic mass is 10.1. The molecular weight excluding hydrogens is 358 g/mol. The lowest BCUT2D eigenvalue weighted by Crippen LogP contribution is -2.27. The Morgan fingerprint density at radius 2 is 1.45 bits per heavy atom. The molecule has 0 aliphatic carbocycles. The molecule has 0 N–H and O–H groups in total. The maximum Gasteiger partial charge on any atom is 0.306 e. The van der Waals surface area contributed by atoms with Gasteiger partial charge in [0.05, 0.1) is 0 Å². The number of hydrogen-bond acceptors (Lipinski definition) is 3. The number of ether oxygens (including phenoxy) is 1. The number of rotatable bonds is 20. The Balaban J connectivity index is 3.47. The summed E-state index contributed by atoms with van der Waals surface area (Å²) in [7, 11) is 0. The van der Waals surface area contributed by atoms with Crippen LogP contribution in [0.1, 0.15) is 104 Å². The highest BCUT2D eigenvalue weighted by molar-refractivity contribution is 5.69. The number of hydrogen-bond donors (Lipinski definition) is 0. The van der Waals surface area contributed by atoms with Gasteiger partial charge in [-0.3, -0.25) is 4.79 Å². The molecule has 0 heterocycles. The molecule has 0 aromatic carbocycles. The van der Waals surface area contributed by atoms with E-state index < -0.39 is 0 Å². The van der Waals surface area contributed by atoms with Crippen LogP contribution in [-0.4, -0.2) is 36.6 Å². The standard InChI is InChI=1S/C26H48NO2/c1-5-8-9-10-11-12-13-14-15-16-17-18-19-20-21-22-26(28)29-25(4)23-24-27(6-2)7-3/h11-12,14-15,25H,4-10,13,16-24H2,1-3H3/b12-11-,15-14-. The third-order valence-corrected chi connectivity index (χ3v) is 5.29. The minimum absolute atomic E-state index is 0.0878. The van der Waals surface area contributed by atoms with Gasteiger partial charge in [-0.25, -0.2) is 0 Å². The van der Waals surface area contributed by atoms with Crippen LogP contribution in [0, 0.1) is 6.92 Å². The van der Waals surface area contributed by atoms with Gasteiger partial charge in [0, 0.05) is 13.0 Å². The normalized spacial score (nSPS) is 13.0. The molecule has 1 atom stereocenters. The summed E-state index contributed by atoms with van der Waals surface area (Å²) in [5, 5.41) is 0. The molecule has 29 heavy (non-hydrogen) atoms. The van der Waals surface area contributed by atoms with E-state index in [-0.39, 0.29) is 12.1 Å². The topological polar surface area (TPSA) is 29.5 Å². The Morgan fingerprint density at radius 3 is 2.07 bits per heavy atom. The van der Waals surface area contributed by atoms with Gasteiger partial charge in [-0.15, -0.1) is 0 Å². The maximum atomic E-state index is 11.9. The predicted octanol–water partition coefficient (Wildman–Crippen LogP) is 7.28. The van der Waals surface area contributed by atoms with E-state index in [0.29, 0.717) is 6.42 Å². The van der Waals surface area contributed by atoms with Gasteiger partial charge in [-0.1, -0.05) is 77.2 Å². The van der Waals surface area contributed by atoms with Crippen LogP contribution in [0.3, 0.4) is 0 Å². The Morgan fingerprint density at radius 1 is 0.862 bits per heavy atom. The minimum atomic E-state index is -0.221. The zero-order chi connectivity index (χ0) is 21.6. The molecule has 0 aromatic heterocycles. The SMILES string of the molecule is [CH2]C(CCN(CC)CC)OC(=O)CCCCCCC/C=C\C/C=C\CCCCC. The summed E-state index contributed by atoms with van der Waals surface area (Å²) in [4.78, 5) is 14.2. The molecule has 0 amide bonds. The summed E-state index contributed by atoms with van der Waals surface area (Å²) in [6.45, 7) is 13.5. The summed E-state index contributed by atoms with van der Waals surface area (Å²) < 4.78 is 5.42. The predicted molar refractivity (Wildman–Crippen MR) is 127 cm³/mol. The Kier molecular flexibility index (Phi) is 20.8. The van der Waals surface area contributed by atoms with Crippen molar-refractivity contribution in [3.8, 4) is 0 Å². The first-order valence-corrected chi connectivity index (χ1v) is 12.2. The Bertz CT molecular complexity index is 413. The molecule has 0 aliphatic rings. The second-order valence-corrected chi connectivity index (χ2v) is 7.91. The van der Waals surface area contributed by atoms with Crippen molar-refractivity contribution in [1.29, 1.82) is 0 Å². The quantitative estimate of drug-likeness (QED) is 0.121. The third kappa shape index (κ3) is 20.0. The summed E-state index contributed by atoms with van der Waals surface area (Å²) >= 11 is 0. The van der Waals surface area contributed by atoms with E-state index in [0.717, 1.165) is 45.3 Å². The number of esters is 1. The van der Waals surface area contributed by atoms with Crippen LogP contribution in [0.15, 0.2) is 24.3 Å². The zero-order valence-corrected chi connectivity index (χ0v) is 19.7. The maximum absolute atomic E-state index is 11.9. The second-order valence-electron chi connectivity index (χ2n) is 7.91. The third-order valence-electron chi connectivity index (χ3n) is 5.29. The highest BCUT2D eigenvalue weighted by Crippen LogP contribution is 2.10. The van der Waals surface area contributed by atoms with Crippen LogP contribution in [0.4, 0.5) is 0 Å². The highest BCUT2D eigenvalue weighted by atomic mass is 16.5. The van der Waals surface area contributed by atoms with Gasteiger partial charge in [0.15, 0.2) is 0 Å². The average molecular weight is 407 g/mol. The van der Waals surface area contributed by atoms with Crippen LogP contribution < -0.4 is 0 Å². The van der Waals surface area contributed by atoms with Crippen molar-refractivity contribution in [3.05, 3.63) is 31.2 Å². The fourth-order valence-electron chi connectivity index (χ4n) is 3.25. The van der Waals surface area contributed by atoms with E-state index in [9.17, 15) is 4.79 Å². The molecule has 0 saturated heterocycles. The first-order chi connectivity index (χ1) is 14.1. The van der Waals surface area contributed by atoms with Gasteiger partial charge < -0.3 is 9.64 Å². The highest BCUT2D eigenvalue weighted by Gasteiger charge is 2.10. The van der Waals surface area contributed by atoms with Crippen LogP contribution in [0.25, 0.3) is 0 Å². The monoisotopic (exact) mass is 406 g/mol. The van der Waals surface area contributed by atoms with Crippen molar-refractivity contribution in [1.82, 2.24) is 4.90 Å². The number of carbonyl (C=O) groups is 1. The van der Waals surface area contributed by atoms with Gasteiger partial charge in [0.1, 0.15) is 6.10 Å². The van der Waals surface area contributed by atoms with E-state index >= 15 is 0 Å². The molecule has 0 bridgehead atoms. The van der Waals surface area contributed by atoms with E-state index in [1.807, 2.05) is 0 Å². The molecule has 3 nitrogen and oxygen atoms in total. The number of nitrogens with zero attached hydrogens (tertiary/aromatic N) is 1. The number of carbonyl (C=O) groups excluding carboxylic acids is 1. The molecule has 169 valence electrons. The fourth-order valence-corrected chi connectivity index (χ4v) is 3.25. The largest absolute Gasteiger partial charge is 0.462 e. The van der Waals surface area contributed by atoms with Crippen LogP contribution in [0.5, 0.6) is 0 Å². The molecule has 0 spiro atoms. The summed E-state index contributed by atoms with van der Waals surface area (Å²) in [5.41, 5.74) is 0. The Labute approximate surface area is 182 Å². The van der Waals surface area contributed by atoms with Crippen molar-refractivity contribution >= 4 is 5.97 Å². The van der Waals surface area contributed by atoms with Crippen molar-refractivity contribution in [2.24, 2.45) is 0 Å². The molecule has 0 aromatic rings. The van der Waals surface area contributed by atoms with Gasteiger partial charge in [-0.05, 0) is 65.0 Å². The molecule has 3 heteroatoms. The number of unbranched alkanes of at least 4 members (excludes halogenated alkanes) is 8. The zero-order valence-electron chi connectivity index (χ0n) is 19.7. The van der Waals surface area contributed by atoms with Crippen LogP contribution in [0.2, 0.25) is 0 Å². The molecule has 0 aliphatic heterocycles. The second kappa shape index (κ2) is 21.6. The van der Waals surface area contributed by atoms with E-state index in [1.165, 1.54) is 51.4 Å². The van der Waals surface area contributed by atoms with Crippen molar-refractivity contribution in [3.63, 3.8) is 0 Å². The van der Waals surface area contributed by atoms with Crippen molar-refractivity contribution in [2.45, 2.75) is 110 Å². The summed E-state index contributed by atoms with van der Waals surface area (Å²) in [6, 6.07) is 0. The molecule has 0 fully saturated rings. The van der Waals surface area contributed by atoms with E-state index in [1.54, 1.807) is 0 Å². The molecular formula is C26H48NO2. The molecule has 1 unspecified atom stereocenters. The summed E-state index contributed by atoms with van der Waals surface area (Å²) in [6.07, 6.45) is 23.5. The molecule has 0 saturated carbocycles. The summed E-state index contributed by atoms with van der Waals surface area (Å²) in [5.74, 6) is -0.0878. The number of allylic oxidation sites excluding steroid dienone is 4. The first kappa shape index (κ1) is 27.9. The van der Waals surface area contributed by atoms with Gasteiger partial charge >= 0.3 is 5.97 Å². The molecule has 1 radical (unpaired) electrons. The fraction of sp³-hybridized carbons (Fsp3) is 0.769. The van der Waals surface area contributed by atoms with Gasteiger partial charge in [0.2, 0.25) is 0 Å². The van der Waals surface area contributed by atoms with Crippen molar-refractivity contribution < 1.29 is 9.53 Å². The van der Waals surface area contributed by atoms with Gasteiger partial charge in [-0.2, -0.15) is 0 Å². The lowest BCUT2D eigenvalue weighted by molar-refractivity contribution is -0.147.